The number of carbonyl (C=O) groups excluding carboxylic acids is 4. The summed E-state index contributed by atoms with van der Waals surface area (Å²) in [5.74, 6) is -2.00. The molecule has 11 heteroatoms. The molecule has 1 saturated carbocycles. The molecule has 1 saturated heterocycles. The van der Waals surface area contributed by atoms with E-state index in [9.17, 15) is 29.1 Å². The molecule has 1 aromatic heterocycles. The molecular weight excluding hydrogens is 622 g/mol. The number of carboxylic acid groups (broad SMARTS) is 1. The van der Waals surface area contributed by atoms with Crippen LogP contribution in [0.1, 0.15) is 69.1 Å². The number of hydrogen-bond acceptors (Lipinski definition) is 6. The van der Waals surface area contributed by atoms with E-state index in [0.29, 0.717) is 56.3 Å². The fourth-order valence-corrected chi connectivity index (χ4v) is 7.28. The molecule has 4 amide bonds. The van der Waals surface area contributed by atoms with Crippen molar-refractivity contribution in [2.45, 2.75) is 89.9 Å². The van der Waals surface area contributed by atoms with Crippen molar-refractivity contribution < 1.29 is 29.1 Å². The minimum Gasteiger partial charge on any atom is -0.480 e. The van der Waals surface area contributed by atoms with Gasteiger partial charge in [-0.1, -0.05) is 61.4 Å². The van der Waals surface area contributed by atoms with E-state index in [4.69, 9.17) is 0 Å². The number of hydrogen-bond donors (Lipinski definition) is 3. The van der Waals surface area contributed by atoms with Crippen LogP contribution in [0.15, 0.2) is 79.1 Å². The van der Waals surface area contributed by atoms with E-state index in [0.717, 1.165) is 24.0 Å². The van der Waals surface area contributed by atoms with Gasteiger partial charge in [-0.25, -0.2) is 4.79 Å². The van der Waals surface area contributed by atoms with E-state index in [1.807, 2.05) is 42.5 Å². The van der Waals surface area contributed by atoms with Gasteiger partial charge in [-0.05, 0) is 67.0 Å². The second-order valence-corrected chi connectivity index (χ2v) is 13.2. The lowest BCUT2D eigenvalue weighted by Gasteiger charge is -2.31. The molecule has 3 atom stereocenters. The van der Waals surface area contributed by atoms with Crippen LogP contribution in [0.2, 0.25) is 0 Å². The van der Waals surface area contributed by atoms with Crippen LogP contribution in [0.3, 0.4) is 0 Å². The van der Waals surface area contributed by atoms with Gasteiger partial charge in [-0.15, -0.1) is 0 Å². The lowest BCUT2D eigenvalue weighted by molar-refractivity contribution is -0.144. The molecule has 2 aliphatic rings. The van der Waals surface area contributed by atoms with E-state index >= 15 is 0 Å². The number of aliphatic carboxylic acids is 1. The summed E-state index contributed by atoms with van der Waals surface area (Å²) in [4.78, 5) is 72.1. The van der Waals surface area contributed by atoms with Gasteiger partial charge in [-0.3, -0.25) is 29.1 Å². The summed E-state index contributed by atoms with van der Waals surface area (Å²) in [6.45, 7) is 3.27. The van der Waals surface area contributed by atoms with E-state index < -0.39 is 29.6 Å². The van der Waals surface area contributed by atoms with Gasteiger partial charge in [0.1, 0.15) is 18.2 Å². The average molecular weight is 668 g/mol. The Morgan fingerprint density at radius 3 is 2.24 bits per heavy atom. The summed E-state index contributed by atoms with van der Waals surface area (Å²) < 4.78 is 0. The first-order valence-electron chi connectivity index (χ1n) is 17.0. The van der Waals surface area contributed by atoms with E-state index in [2.05, 4.69) is 15.6 Å². The van der Waals surface area contributed by atoms with Crippen molar-refractivity contribution in [2.75, 3.05) is 11.4 Å². The summed E-state index contributed by atoms with van der Waals surface area (Å²) in [5, 5.41) is 15.6. The summed E-state index contributed by atoms with van der Waals surface area (Å²) in [7, 11) is 0. The van der Waals surface area contributed by atoms with Crippen LogP contribution in [0.25, 0.3) is 0 Å². The van der Waals surface area contributed by atoms with E-state index in [-0.39, 0.29) is 30.0 Å². The molecule has 258 valence electrons. The van der Waals surface area contributed by atoms with E-state index in [1.54, 1.807) is 46.5 Å². The number of anilines is 1. The third-order valence-electron chi connectivity index (χ3n) is 9.80. The van der Waals surface area contributed by atoms with Crippen LogP contribution in [0.4, 0.5) is 5.69 Å². The molecule has 1 aliphatic heterocycles. The first kappa shape index (κ1) is 35.3. The second-order valence-electron chi connectivity index (χ2n) is 13.2. The minimum absolute atomic E-state index is 0.0533. The lowest BCUT2D eigenvalue weighted by Crippen LogP contribution is -2.49. The van der Waals surface area contributed by atoms with Crippen LogP contribution >= 0.6 is 0 Å². The number of benzene rings is 2. The highest BCUT2D eigenvalue weighted by molar-refractivity contribution is 6.03. The first-order chi connectivity index (χ1) is 23.6. The third kappa shape index (κ3) is 8.51. The maximum atomic E-state index is 14.2. The van der Waals surface area contributed by atoms with Crippen LogP contribution in [0.5, 0.6) is 0 Å². The van der Waals surface area contributed by atoms with Crippen molar-refractivity contribution in [1.29, 1.82) is 0 Å². The number of carboxylic acids is 1. The van der Waals surface area contributed by atoms with Crippen molar-refractivity contribution in [3.8, 4) is 0 Å². The Kier molecular flexibility index (Phi) is 11.4. The van der Waals surface area contributed by atoms with Crippen molar-refractivity contribution >= 4 is 35.3 Å². The molecule has 0 radical (unpaired) electrons. The number of carbonyl (C=O) groups is 5. The molecular formula is C38H45N5O6. The fourth-order valence-electron chi connectivity index (χ4n) is 7.28. The Labute approximate surface area is 287 Å². The van der Waals surface area contributed by atoms with Crippen LogP contribution in [0, 0.1) is 5.41 Å². The number of aromatic nitrogens is 1. The van der Waals surface area contributed by atoms with Crippen LogP contribution in [-0.2, 0) is 43.2 Å². The smallest absolute Gasteiger partial charge is 0.326 e. The van der Waals surface area contributed by atoms with Crippen molar-refractivity contribution in [3.63, 3.8) is 0 Å². The standard InChI is InChI=1S/C38H45N5O6/c1-26(44)40-22-20-38(18-6-7-19-38)37(49)41-32(36(47)48)23-29-12-15-31(16-13-29)43-34(17-14-28-9-4-3-5-10-28)42(27(2)45)33(35(43)46)24-30-11-8-21-39-25-30/h3-5,8-13,15-16,21,25,32-34H,6-7,14,17-20,22-24H2,1-2H3,(H,40,44)(H,41,49)(H,47,48)/t32?,33-,34?/m1/s1. The first-order valence-corrected chi connectivity index (χ1v) is 17.0. The topological polar surface area (TPSA) is 149 Å². The van der Waals surface area contributed by atoms with Crippen molar-refractivity contribution in [2.24, 2.45) is 5.41 Å². The van der Waals surface area contributed by atoms with Gasteiger partial charge in [0.25, 0.3) is 5.91 Å². The number of pyridine rings is 1. The zero-order chi connectivity index (χ0) is 35.0. The molecule has 3 N–H and O–H groups in total. The lowest BCUT2D eigenvalue weighted by atomic mass is 9.81. The highest BCUT2D eigenvalue weighted by atomic mass is 16.4. The molecule has 5 rings (SSSR count). The number of amides is 4. The average Bonchev–Trinajstić information content (AvgIpc) is 3.67. The van der Waals surface area contributed by atoms with Gasteiger partial charge in [0.2, 0.25) is 17.7 Å². The maximum Gasteiger partial charge on any atom is 0.326 e. The monoisotopic (exact) mass is 667 g/mol. The fraction of sp³-hybridized carbons (Fsp3) is 0.421. The van der Waals surface area contributed by atoms with Gasteiger partial charge in [0.05, 0.1) is 5.41 Å². The Morgan fingerprint density at radius 2 is 1.63 bits per heavy atom. The predicted molar refractivity (Wildman–Crippen MR) is 184 cm³/mol. The zero-order valence-corrected chi connectivity index (χ0v) is 28.1. The molecule has 0 spiro atoms. The molecule has 0 bridgehead atoms. The quantitative estimate of drug-likeness (QED) is 0.235. The van der Waals surface area contributed by atoms with Gasteiger partial charge in [-0.2, -0.15) is 0 Å². The second kappa shape index (κ2) is 15.9. The molecule has 2 fully saturated rings. The number of nitrogens with one attached hydrogen (secondary N) is 2. The minimum atomic E-state index is -1.15. The molecule has 2 heterocycles. The number of rotatable bonds is 14. The number of aryl methyl sites for hydroxylation is 1. The Bertz CT molecular complexity index is 1630. The van der Waals surface area contributed by atoms with Crippen molar-refractivity contribution in [3.05, 3.63) is 95.8 Å². The molecule has 49 heavy (non-hydrogen) atoms. The largest absolute Gasteiger partial charge is 0.480 e. The highest BCUT2D eigenvalue weighted by Crippen LogP contribution is 2.41. The predicted octanol–water partition coefficient (Wildman–Crippen LogP) is 4.05. The van der Waals surface area contributed by atoms with Gasteiger partial charge < -0.3 is 20.6 Å². The normalized spacial score (nSPS) is 19.0. The summed E-state index contributed by atoms with van der Waals surface area (Å²) in [5.41, 5.74) is 2.52. The molecule has 1 aliphatic carbocycles. The molecule has 2 aromatic carbocycles. The highest BCUT2D eigenvalue weighted by Gasteiger charge is 2.48. The Hall–Kier alpha value is -5.06. The Morgan fingerprint density at radius 1 is 0.939 bits per heavy atom. The number of nitrogens with zero attached hydrogens (tertiary/aromatic N) is 3. The van der Waals surface area contributed by atoms with E-state index in [1.165, 1.54) is 13.8 Å². The molecule has 3 aromatic rings. The van der Waals surface area contributed by atoms with Crippen molar-refractivity contribution in [1.82, 2.24) is 20.5 Å². The molecule has 2 unspecified atom stereocenters. The SMILES string of the molecule is CC(=O)NCCC1(C(=O)NC(Cc2ccc(N3C(=O)[C@@H](Cc4cccnc4)N(C(C)=O)C3CCc3ccccc3)cc2)C(=O)O)CCCC1. The zero-order valence-electron chi connectivity index (χ0n) is 28.1. The molecule has 11 nitrogen and oxygen atoms in total. The summed E-state index contributed by atoms with van der Waals surface area (Å²) in [6, 6.07) is 18.9. The van der Waals surface area contributed by atoms with Gasteiger partial charge in [0, 0.05) is 51.3 Å². The van der Waals surface area contributed by atoms with Gasteiger partial charge in [0.15, 0.2) is 0 Å². The summed E-state index contributed by atoms with van der Waals surface area (Å²) >= 11 is 0. The van der Waals surface area contributed by atoms with Crippen LogP contribution < -0.4 is 15.5 Å². The van der Waals surface area contributed by atoms with Gasteiger partial charge >= 0.3 is 5.97 Å². The Balaban J connectivity index is 1.35. The van der Waals surface area contributed by atoms with Crippen LogP contribution in [-0.4, -0.2) is 69.4 Å². The third-order valence-corrected chi connectivity index (χ3v) is 9.80. The summed E-state index contributed by atoms with van der Waals surface area (Å²) in [6.07, 6.45) is 7.90. The maximum absolute atomic E-state index is 14.2.